The average Bonchev–Trinajstić information content (AvgIpc) is 3.02. The molecule has 3 N–H and O–H groups in total. The van der Waals surface area contributed by atoms with Crippen molar-refractivity contribution in [1.82, 2.24) is 0 Å². The Kier molecular flexibility index (Phi) is 25.2. The lowest BCUT2D eigenvalue weighted by molar-refractivity contribution is -0.138. The van der Waals surface area contributed by atoms with E-state index in [1.54, 1.807) is 0 Å². The lowest BCUT2D eigenvalue weighted by Crippen LogP contribution is -2.19. The number of hydrogen-bond donors (Lipinski definition) is 6. The van der Waals surface area contributed by atoms with Gasteiger partial charge in [-0.2, -0.15) is 37.9 Å². The Hall–Kier alpha value is -1.52. The molecule has 0 aliphatic carbocycles. The third-order valence-corrected chi connectivity index (χ3v) is 10.5. The first kappa shape index (κ1) is 45.5. The molecule has 10 heteroatoms. The monoisotopic (exact) mass is 742 g/mol. The quantitative estimate of drug-likeness (QED) is 0.0331. The molecule has 1 rings (SSSR count). The minimum atomic E-state index is -1.01. The highest BCUT2D eigenvalue weighted by atomic mass is 32.1. The van der Waals surface area contributed by atoms with Crippen LogP contribution in [0.2, 0.25) is 0 Å². The van der Waals surface area contributed by atoms with Gasteiger partial charge in [0.1, 0.15) is 5.75 Å². The summed E-state index contributed by atoms with van der Waals surface area (Å²) in [6.45, 7) is 6.95. The maximum atomic E-state index is 12.1. The van der Waals surface area contributed by atoms with Gasteiger partial charge in [-0.05, 0) is 48.8 Å². The summed E-state index contributed by atoms with van der Waals surface area (Å²) < 4.78 is 6.67. The van der Waals surface area contributed by atoms with Crippen LogP contribution >= 0.6 is 37.9 Å². The Bertz CT molecular complexity index is 1050. The molecule has 0 aliphatic heterocycles. The summed E-state index contributed by atoms with van der Waals surface area (Å²) in [6.07, 6.45) is 19.6. The molecule has 0 saturated carbocycles. The SMILES string of the molecule is CCCCCCCCOc1c(C(S)CC(=O)O)c(CCCCCCCC)c(C(S)CC(=O)O)c(CCCCCCCC)c1C(S)CC(=O)O. The van der Waals surface area contributed by atoms with Crippen LogP contribution in [0.3, 0.4) is 0 Å². The summed E-state index contributed by atoms with van der Waals surface area (Å²) in [4.78, 5) is 36.4. The van der Waals surface area contributed by atoms with E-state index in [1.807, 2.05) is 0 Å². The number of unbranched alkanes of at least 4 members (excludes halogenated alkanes) is 15. The molecule has 3 atom stereocenters. The van der Waals surface area contributed by atoms with E-state index >= 15 is 0 Å². The number of carboxylic acid groups (broad SMARTS) is 3. The minimum Gasteiger partial charge on any atom is -0.493 e. The number of benzene rings is 1. The van der Waals surface area contributed by atoms with Crippen molar-refractivity contribution in [1.29, 1.82) is 0 Å². The third kappa shape index (κ3) is 18.0. The van der Waals surface area contributed by atoms with Crippen LogP contribution in [0.4, 0.5) is 0 Å². The van der Waals surface area contributed by atoms with Gasteiger partial charge < -0.3 is 20.1 Å². The average molecular weight is 743 g/mol. The van der Waals surface area contributed by atoms with Crippen molar-refractivity contribution >= 4 is 55.8 Å². The molecule has 282 valence electrons. The van der Waals surface area contributed by atoms with Crippen LogP contribution in [0, 0.1) is 0 Å². The van der Waals surface area contributed by atoms with Crippen molar-refractivity contribution in [2.75, 3.05) is 6.61 Å². The Balaban J connectivity index is 4.01. The zero-order valence-corrected chi connectivity index (χ0v) is 33.2. The van der Waals surface area contributed by atoms with Gasteiger partial charge in [0.15, 0.2) is 0 Å². The molecule has 0 fully saturated rings. The Morgan fingerprint density at radius 2 is 0.796 bits per heavy atom. The van der Waals surface area contributed by atoms with Gasteiger partial charge in [0.05, 0.1) is 25.9 Å². The summed E-state index contributed by atoms with van der Waals surface area (Å²) in [5.41, 5.74) is 3.79. The van der Waals surface area contributed by atoms with E-state index in [-0.39, 0.29) is 19.3 Å². The van der Waals surface area contributed by atoms with Crippen molar-refractivity contribution in [3.63, 3.8) is 0 Å². The molecule has 0 aromatic heterocycles. The first-order valence-corrected chi connectivity index (χ1v) is 20.6. The van der Waals surface area contributed by atoms with E-state index in [2.05, 4.69) is 20.8 Å². The molecular weight excluding hydrogens is 677 g/mol. The van der Waals surface area contributed by atoms with Crippen LogP contribution in [0.15, 0.2) is 0 Å². The third-order valence-electron chi connectivity index (χ3n) is 9.20. The molecule has 0 amide bonds. The predicted octanol–water partition coefficient (Wildman–Crippen LogP) is 11.6. The van der Waals surface area contributed by atoms with Crippen LogP contribution in [0.1, 0.15) is 199 Å². The number of carboxylic acids is 3. The van der Waals surface area contributed by atoms with Gasteiger partial charge in [0, 0.05) is 26.9 Å². The van der Waals surface area contributed by atoms with E-state index in [0.717, 1.165) is 113 Å². The van der Waals surface area contributed by atoms with E-state index in [1.165, 1.54) is 19.3 Å². The molecule has 0 saturated heterocycles. The van der Waals surface area contributed by atoms with Crippen LogP contribution < -0.4 is 4.74 Å². The summed E-state index contributed by atoms with van der Waals surface area (Å²) in [5, 5.41) is 27.6. The van der Waals surface area contributed by atoms with Gasteiger partial charge in [-0.3, -0.25) is 14.4 Å². The number of carbonyl (C=O) groups is 3. The van der Waals surface area contributed by atoms with Crippen molar-refractivity contribution in [2.24, 2.45) is 0 Å². The van der Waals surface area contributed by atoms with Crippen molar-refractivity contribution in [3.05, 3.63) is 27.8 Å². The molecule has 1 aromatic rings. The smallest absolute Gasteiger partial charge is 0.304 e. The lowest BCUT2D eigenvalue weighted by Gasteiger charge is -2.32. The highest BCUT2D eigenvalue weighted by Crippen LogP contribution is 2.50. The fourth-order valence-electron chi connectivity index (χ4n) is 6.72. The number of ether oxygens (including phenoxy) is 1. The Labute approximate surface area is 313 Å². The molecule has 0 aliphatic rings. The number of thiol groups is 3. The first-order valence-electron chi connectivity index (χ1n) is 19.0. The maximum absolute atomic E-state index is 12.1. The summed E-state index contributed by atoms with van der Waals surface area (Å²) in [5.74, 6) is -2.50. The number of hydrogen-bond acceptors (Lipinski definition) is 7. The first-order chi connectivity index (χ1) is 23.5. The molecule has 1 aromatic carbocycles. The zero-order valence-electron chi connectivity index (χ0n) is 30.5. The van der Waals surface area contributed by atoms with E-state index in [4.69, 9.17) is 42.6 Å². The van der Waals surface area contributed by atoms with Gasteiger partial charge in [-0.15, -0.1) is 0 Å². The topological polar surface area (TPSA) is 121 Å². The lowest BCUT2D eigenvalue weighted by atomic mass is 9.80. The van der Waals surface area contributed by atoms with Crippen LogP contribution in [-0.4, -0.2) is 39.8 Å². The fraction of sp³-hybridized carbons (Fsp3) is 0.769. The predicted molar refractivity (Wildman–Crippen MR) is 211 cm³/mol. The van der Waals surface area contributed by atoms with Gasteiger partial charge in [-0.1, -0.05) is 117 Å². The summed E-state index contributed by atoms with van der Waals surface area (Å²) in [6, 6.07) is 0. The highest BCUT2D eigenvalue weighted by molar-refractivity contribution is 7.81. The van der Waals surface area contributed by atoms with Gasteiger partial charge in [0.25, 0.3) is 0 Å². The Morgan fingerprint density at radius 3 is 1.14 bits per heavy atom. The molecule has 7 nitrogen and oxygen atoms in total. The molecule has 0 heterocycles. The van der Waals surface area contributed by atoms with E-state index < -0.39 is 33.7 Å². The molecule has 49 heavy (non-hydrogen) atoms. The standard InChI is InChI=1S/C39H66O7S3/c1-4-7-10-13-16-19-22-28-36(30(47)25-33(40)41)29(23-20-17-14-11-8-5-2)38(32(49)27-35(44)45)39(37(28)31(48)26-34(42)43)46-24-21-18-15-12-9-6-3/h30-32,47-49H,4-27H2,1-3H3,(H,40,41)(H,42,43)(H,44,45). The van der Waals surface area contributed by atoms with Gasteiger partial charge in [-0.25, -0.2) is 0 Å². The molecule has 0 bridgehead atoms. The van der Waals surface area contributed by atoms with Gasteiger partial charge in [0.2, 0.25) is 0 Å². The minimum absolute atomic E-state index is 0.223. The molecule has 0 spiro atoms. The van der Waals surface area contributed by atoms with Crippen molar-refractivity contribution in [3.8, 4) is 5.75 Å². The number of rotatable bonds is 31. The van der Waals surface area contributed by atoms with E-state index in [9.17, 15) is 29.7 Å². The maximum Gasteiger partial charge on any atom is 0.304 e. The summed E-state index contributed by atoms with van der Waals surface area (Å²) in [7, 11) is 0. The normalized spacial score (nSPS) is 13.3. The largest absolute Gasteiger partial charge is 0.493 e. The van der Waals surface area contributed by atoms with Crippen molar-refractivity contribution < 1.29 is 34.4 Å². The fourth-order valence-corrected chi connectivity index (χ4v) is 8.04. The number of aliphatic carboxylic acids is 3. The second-order valence-corrected chi connectivity index (χ2v) is 15.4. The summed E-state index contributed by atoms with van der Waals surface area (Å²) >= 11 is 14.7. The highest BCUT2D eigenvalue weighted by Gasteiger charge is 2.34. The molecular formula is C39H66O7S3. The van der Waals surface area contributed by atoms with Gasteiger partial charge >= 0.3 is 17.9 Å². The van der Waals surface area contributed by atoms with Crippen molar-refractivity contribution in [2.45, 2.75) is 184 Å². The molecule has 3 unspecified atom stereocenters. The molecule has 0 radical (unpaired) electrons. The second-order valence-electron chi connectivity index (χ2n) is 13.5. The van der Waals surface area contributed by atoms with Crippen LogP contribution in [0.25, 0.3) is 0 Å². The zero-order chi connectivity index (χ0) is 36.6. The Morgan fingerprint density at radius 1 is 0.490 bits per heavy atom. The second kappa shape index (κ2) is 27.2. The van der Waals surface area contributed by atoms with E-state index in [0.29, 0.717) is 36.3 Å². The van der Waals surface area contributed by atoms with Crippen LogP contribution in [0.5, 0.6) is 5.75 Å². The van der Waals surface area contributed by atoms with Crippen LogP contribution in [-0.2, 0) is 27.2 Å².